The first-order valence-corrected chi connectivity index (χ1v) is 7.45. The molecule has 23 heavy (non-hydrogen) atoms. The summed E-state index contributed by atoms with van der Waals surface area (Å²) in [5.74, 6) is 0.417. The van der Waals surface area contributed by atoms with E-state index in [1.54, 1.807) is 19.2 Å². The topological polar surface area (TPSA) is 47.6 Å². The lowest BCUT2D eigenvalue weighted by atomic mass is 10.1. The van der Waals surface area contributed by atoms with Crippen molar-refractivity contribution in [2.24, 2.45) is 5.92 Å². The highest BCUT2D eigenvalue weighted by Crippen LogP contribution is 2.33. The van der Waals surface area contributed by atoms with Gasteiger partial charge in [0.25, 0.3) is 0 Å². The van der Waals surface area contributed by atoms with Crippen LogP contribution in [0.15, 0.2) is 24.3 Å². The minimum absolute atomic E-state index is 0.0282. The van der Waals surface area contributed by atoms with Gasteiger partial charge in [-0.3, -0.25) is 4.79 Å². The van der Waals surface area contributed by atoms with Crippen molar-refractivity contribution in [2.45, 2.75) is 31.5 Å². The predicted octanol–water partition coefficient (Wildman–Crippen LogP) is 2.71. The highest BCUT2D eigenvalue weighted by Gasteiger charge is 2.31. The molecule has 1 aliphatic carbocycles. The molecule has 1 saturated carbocycles. The quantitative estimate of drug-likeness (QED) is 0.797. The maximum atomic E-state index is 12.1. The van der Waals surface area contributed by atoms with Crippen LogP contribution in [0.5, 0.6) is 5.75 Å². The van der Waals surface area contributed by atoms with Gasteiger partial charge in [0.2, 0.25) is 5.91 Å². The maximum Gasteiger partial charge on any atom is 0.422 e. The number of methoxy groups -OCH3 is 1. The Hall–Kier alpha value is -1.76. The number of carbonyl (C=O) groups excluding carboxylic acids is 1. The normalized spacial score (nSPS) is 16.0. The van der Waals surface area contributed by atoms with Crippen molar-refractivity contribution in [2.75, 3.05) is 20.3 Å². The third-order valence-corrected chi connectivity index (χ3v) is 3.62. The number of alkyl halides is 3. The molecule has 7 heteroatoms. The van der Waals surface area contributed by atoms with Crippen LogP contribution in [0, 0.1) is 5.92 Å². The minimum Gasteiger partial charge on any atom is -0.484 e. The molecule has 1 atom stereocenters. The van der Waals surface area contributed by atoms with Crippen LogP contribution in [0.1, 0.15) is 18.4 Å². The van der Waals surface area contributed by atoms with Crippen LogP contribution in [0.3, 0.4) is 0 Å². The smallest absolute Gasteiger partial charge is 0.422 e. The molecule has 1 aromatic carbocycles. The van der Waals surface area contributed by atoms with Gasteiger partial charge in [0.15, 0.2) is 6.61 Å². The molecular weight excluding hydrogens is 311 g/mol. The lowest BCUT2D eigenvalue weighted by molar-refractivity contribution is -0.153. The van der Waals surface area contributed by atoms with E-state index in [-0.39, 0.29) is 24.2 Å². The van der Waals surface area contributed by atoms with Gasteiger partial charge < -0.3 is 14.8 Å². The molecule has 1 amide bonds. The first kappa shape index (κ1) is 17.6. The van der Waals surface area contributed by atoms with Crippen molar-refractivity contribution in [1.82, 2.24) is 5.32 Å². The molecule has 0 bridgehead atoms. The Bertz CT molecular complexity index is 530. The Kier molecular flexibility index (Phi) is 5.87. The van der Waals surface area contributed by atoms with E-state index in [4.69, 9.17) is 4.74 Å². The van der Waals surface area contributed by atoms with Gasteiger partial charge >= 0.3 is 6.18 Å². The number of hydrogen-bond donors (Lipinski definition) is 1. The average Bonchev–Trinajstić information content (AvgIpc) is 3.30. The third-order valence-electron chi connectivity index (χ3n) is 3.62. The first-order valence-electron chi connectivity index (χ1n) is 7.45. The van der Waals surface area contributed by atoms with E-state index >= 15 is 0 Å². The van der Waals surface area contributed by atoms with Crippen molar-refractivity contribution >= 4 is 5.91 Å². The van der Waals surface area contributed by atoms with Crippen molar-refractivity contribution in [3.8, 4) is 5.75 Å². The number of benzene rings is 1. The van der Waals surface area contributed by atoms with E-state index in [0.717, 1.165) is 12.8 Å². The third kappa shape index (κ3) is 6.48. The van der Waals surface area contributed by atoms with Crippen LogP contribution in [-0.4, -0.2) is 38.4 Å². The molecule has 1 aliphatic rings. The van der Waals surface area contributed by atoms with Gasteiger partial charge in [0.1, 0.15) is 5.75 Å². The van der Waals surface area contributed by atoms with Crippen LogP contribution in [0.2, 0.25) is 0 Å². The standard InChI is InChI=1S/C16H20F3NO3/c1-22-14(12-5-6-12)9-20-15(21)8-11-3-2-4-13(7-11)23-10-16(17,18)19/h2-4,7,12,14H,5-6,8-10H2,1H3,(H,20,21)/t14-/m0/s1. The second-order valence-corrected chi connectivity index (χ2v) is 5.64. The molecule has 1 N–H and O–H groups in total. The van der Waals surface area contributed by atoms with E-state index < -0.39 is 12.8 Å². The number of carbonyl (C=O) groups is 1. The largest absolute Gasteiger partial charge is 0.484 e. The van der Waals surface area contributed by atoms with E-state index in [2.05, 4.69) is 10.1 Å². The molecule has 1 aromatic rings. The molecule has 0 spiro atoms. The lowest BCUT2D eigenvalue weighted by Crippen LogP contribution is -2.35. The minimum atomic E-state index is -4.38. The summed E-state index contributed by atoms with van der Waals surface area (Å²) in [7, 11) is 1.62. The SMILES string of the molecule is CO[C@@H](CNC(=O)Cc1cccc(OCC(F)(F)F)c1)C1CC1. The molecule has 0 radical (unpaired) electrons. The summed E-state index contributed by atoms with van der Waals surface area (Å²) in [5.41, 5.74) is 0.600. The summed E-state index contributed by atoms with van der Waals surface area (Å²) >= 11 is 0. The molecule has 0 aromatic heterocycles. The zero-order chi connectivity index (χ0) is 16.9. The molecule has 0 aliphatic heterocycles. The lowest BCUT2D eigenvalue weighted by Gasteiger charge is -2.15. The van der Waals surface area contributed by atoms with Gasteiger partial charge in [-0.1, -0.05) is 12.1 Å². The van der Waals surface area contributed by atoms with Crippen LogP contribution in [-0.2, 0) is 16.0 Å². The number of ether oxygens (including phenoxy) is 2. The van der Waals surface area contributed by atoms with Crippen molar-refractivity contribution in [3.63, 3.8) is 0 Å². The first-order chi connectivity index (χ1) is 10.9. The number of amides is 1. The fourth-order valence-corrected chi connectivity index (χ4v) is 2.28. The van der Waals surface area contributed by atoms with Crippen molar-refractivity contribution in [1.29, 1.82) is 0 Å². The van der Waals surface area contributed by atoms with Crippen LogP contribution < -0.4 is 10.1 Å². The summed E-state index contributed by atoms with van der Waals surface area (Å²) < 4.78 is 46.4. The summed E-state index contributed by atoms with van der Waals surface area (Å²) in [6.07, 6.45) is -2.03. The van der Waals surface area contributed by atoms with Gasteiger partial charge in [-0.15, -0.1) is 0 Å². The predicted molar refractivity (Wildman–Crippen MR) is 78.2 cm³/mol. The van der Waals surface area contributed by atoms with Crippen molar-refractivity contribution < 1.29 is 27.4 Å². The number of nitrogens with one attached hydrogen (secondary N) is 1. The molecule has 4 nitrogen and oxygen atoms in total. The highest BCUT2D eigenvalue weighted by molar-refractivity contribution is 5.78. The van der Waals surface area contributed by atoms with Crippen LogP contribution >= 0.6 is 0 Å². The van der Waals surface area contributed by atoms with Crippen molar-refractivity contribution in [3.05, 3.63) is 29.8 Å². The van der Waals surface area contributed by atoms with E-state index in [1.807, 2.05) is 0 Å². The van der Waals surface area contributed by atoms with Gasteiger partial charge in [-0.2, -0.15) is 13.2 Å². The average molecular weight is 331 g/mol. The molecular formula is C16H20F3NO3. The van der Waals surface area contributed by atoms with Crippen LogP contribution in [0.25, 0.3) is 0 Å². The fraction of sp³-hybridized carbons (Fsp3) is 0.562. The van der Waals surface area contributed by atoms with E-state index in [1.165, 1.54) is 12.1 Å². The van der Waals surface area contributed by atoms with Gasteiger partial charge in [-0.05, 0) is 36.5 Å². The number of halogens is 3. The number of rotatable bonds is 8. The fourth-order valence-electron chi connectivity index (χ4n) is 2.28. The summed E-state index contributed by atoms with van der Waals surface area (Å²) in [6.45, 7) is -0.899. The van der Waals surface area contributed by atoms with E-state index in [0.29, 0.717) is 18.0 Å². The summed E-state index contributed by atoms with van der Waals surface area (Å²) in [6, 6.07) is 6.12. The zero-order valence-electron chi connectivity index (χ0n) is 12.9. The molecule has 0 heterocycles. The Balaban J connectivity index is 1.80. The highest BCUT2D eigenvalue weighted by atomic mass is 19.4. The molecule has 1 fully saturated rings. The summed E-state index contributed by atoms with van der Waals surface area (Å²) in [5, 5.41) is 2.79. The second kappa shape index (κ2) is 7.68. The molecule has 0 saturated heterocycles. The molecule has 2 rings (SSSR count). The Labute approximate surface area is 133 Å². The molecule has 128 valence electrons. The Morgan fingerprint density at radius 3 is 2.74 bits per heavy atom. The monoisotopic (exact) mass is 331 g/mol. The van der Waals surface area contributed by atoms with Crippen LogP contribution in [0.4, 0.5) is 13.2 Å². The van der Waals surface area contributed by atoms with Gasteiger partial charge in [0.05, 0.1) is 12.5 Å². The molecule has 0 unspecified atom stereocenters. The number of hydrogen-bond acceptors (Lipinski definition) is 3. The van der Waals surface area contributed by atoms with Gasteiger partial charge in [-0.25, -0.2) is 0 Å². The second-order valence-electron chi connectivity index (χ2n) is 5.64. The summed E-state index contributed by atoms with van der Waals surface area (Å²) in [4.78, 5) is 11.9. The zero-order valence-corrected chi connectivity index (χ0v) is 12.9. The Morgan fingerprint density at radius 2 is 2.13 bits per heavy atom. The maximum absolute atomic E-state index is 12.1. The van der Waals surface area contributed by atoms with E-state index in [9.17, 15) is 18.0 Å². The van der Waals surface area contributed by atoms with Gasteiger partial charge in [0, 0.05) is 13.7 Å². The Morgan fingerprint density at radius 1 is 1.39 bits per heavy atom.